The fourth-order valence-electron chi connectivity index (χ4n) is 3.35. The minimum absolute atomic E-state index is 0.0579. The zero-order valence-corrected chi connectivity index (χ0v) is 21.6. The molecule has 0 bridgehead atoms. The van der Waals surface area contributed by atoms with Crippen molar-refractivity contribution in [3.05, 3.63) is 92.3 Å². The highest BCUT2D eigenvalue weighted by atomic mass is 35.5. The molecule has 1 fully saturated rings. The number of amides is 3. The quantitative estimate of drug-likeness (QED) is 0.202. The molecular formula is C25H18ClN3O6S2. The van der Waals surface area contributed by atoms with Crippen LogP contribution in [0.4, 0.5) is 16.2 Å². The Labute approximate surface area is 225 Å². The topological polar surface area (TPSA) is 119 Å². The summed E-state index contributed by atoms with van der Waals surface area (Å²) in [7, 11) is 1.46. The van der Waals surface area contributed by atoms with Gasteiger partial charge in [0.25, 0.3) is 16.8 Å². The van der Waals surface area contributed by atoms with E-state index >= 15 is 0 Å². The van der Waals surface area contributed by atoms with Crippen LogP contribution in [0.2, 0.25) is 5.02 Å². The minimum atomic E-state index is -0.660. The summed E-state index contributed by atoms with van der Waals surface area (Å²) in [4.78, 5) is 51.0. The largest absolute Gasteiger partial charge is 0.495 e. The van der Waals surface area contributed by atoms with Crippen LogP contribution in [0.15, 0.2) is 81.4 Å². The van der Waals surface area contributed by atoms with Crippen LogP contribution in [0, 0.1) is 10.1 Å². The van der Waals surface area contributed by atoms with Gasteiger partial charge in [-0.3, -0.25) is 29.4 Å². The molecule has 188 valence electrons. The fraction of sp³-hybridized carbons (Fsp3) is 0.0800. The van der Waals surface area contributed by atoms with Gasteiger partial charge in [0.2, 0.25) is 5.91 Å². The van der Waals surface area contributed by atoms with Gasteiger partial charge in [-0.05, 0) is 65.9 Å². The average Bonchev–Trinajstić information content (AvgIpc) is 3.13. The first-order valence-electron chi connectivity index (χ1n) is 10.7. The van der Waals surface area contributed by atoms with Gasteiger partial charge in [-0.1, -0.05) is 41.6 Å². The lowest BCUT2D eigenvalue weighted by molar-refractivity contribution is -0.387. The molecule has 1 saturated heterocycles. The van der Waals surface area contributed by atoms with E-state index in [1.165, 1.54) is 31.0 Å². The molecule has 4 rings (SSSR count). The van der Waals surface area contributed by atoms with E-state index in [0.29, 0.717) is 38.7 Å². The van der Waals surface area contributed by atoms with Gasteiger partial charge < -0.3 is 10.1 Å². The number of ether oxygens (including phenoxy) is 1. The summed E-state index contributed by atoms with van der Waals surface area (Å²) in [5.74, 6) is -0.802. The summed E-state index contributed by atoms with van der Waals surface area (Å²) in [5, 5.41) is 14.3. The first-order chi connectivity index (χ1) is 17.7. The number of para-hydroxylation sites is 2. The molecule has 0 aromatic heterocycles. The monoisotopic (exact) mass is 555 g/mol. The number of thioether (sulfide) groups is 1. The molecular weight excluding hydrogens is 538 g/mol. The standard InChI is InChI=1S/C25H18ClN3O6S2/c1-35-20-5-3-2-4-18(20)27-23(30)14-28-24(31)22(37-25(28)32)13-15-6-11-21(19(12-15)29(33)34)36-17-9-7-16(26)8-10-17/h2-13H,14H2,1H3,(H,27,30)/b22-13-. The van der Waals surface area contributed by atoms with Gasteiger partial charge in [0.15, 0.2) is 0 Å². The van der Waals surface area contributed by atoms with Crippen LogP contribution in [0.25, 0.3) is 6.08 Å². The third-order valence-corrected chi connectivity index (χ3v) is 7.31. The molecule has 3 aromatic rings. The Bertz CT molecular complexity index is 1430. The number of nitro benzene ring substituents is 1. The van der Waals surface area contributed by atoms with E-state index in [9.17, 15) is 24.5 Å². The molecule has 0 atom stereocenters. The summed E-state index contributed by atoms with van der Waals surface area (Å²) < 4.78 is 5.18. The van der Waals surface area contributed by atoms with Crippen LogP contribution in [-0.4, -0.2) is 40.5 Å². The normalized spacial score (nSPS) is 14.2. The molecule has 3 amide bonds. The van der Waals surface area contributed by atoms with Gasteiger partial charge in [-0.25, -0.2) is 0 Å². The highest BCUT2D eigenvalue weighted by Crippen LogP contribution is 2.38. The lowest BCUT2D eigenvalue weighted by atomic mass is 10.2. The highest BCUT2D eigenvalue weighted by molar-refractivity contribution is 8.18. The van der Waals surface area contributed by atoms with E-state index in [1.807, 2.05) is 0 Å². The van der Waals surface area contributed by atoms with Gasteiger partial charge in [0, 0.05) is 16.0 Å². The number of hydrogen-bond acceptors (Lipinski definition) is 8. The molecule has 1 aliphatic heterocycles. The maximum Gasteiger partial charge on any atom is 0.294 e. The maximum absolute atomic E-state index is 12.8. The van der Waals surface area contributed by atoms with E-state index < -0.39 is 28.5 Å². The zero-order chi connectivity index (χ0) is 26.5. The van der Waals surface area contributed by atoms with Crippen LogP contribution in [0.1, 0.15) is 5.56 Å². The summed E-state index contributed by atoms with van der Waals surface area (Å²) in [6, 6.07) is 18.2. The summed E-state index contributed by atoms with van der Waals surface area (Å²) in [6.45, 7) is -0.489. The number of rotatable bonds is 8. The number of hydrogen-bond donors (Lipinski definition) is 1. The van der Waals surface area contributed by atoms with Crippen molar-refractivity contribution < 1.29 is 24.0 Å². The number of carbonyl (C=O) groups excluding carboxylic acids is 3. The Balaban J connectivity index is 1.50. The number of benzene rings is 3. The summed E-state index contributed by atoms with van der Waals surface area (Å²) in [6.07, 6.45) is 1.40. The predicted octanol–water partition coefficient (Wildman–Crippen LogP) is 6.08. The zero-order valence-electron chi connectivity index (χ0n) is 19.2. The van der Waals surface area contributed by atoms with E-state index in [-0.39, 0.29) is 10.6 Å². The molecule has 0 saturated carbocycles. The molecule has 9 nitrogen and oxygen atoms in total. The van der Waals surface area contributed by atoms with E-state index in [2.05, 4.69) is 5.32 Å². The summed E-state index contributed by atoms with van der Waals surface area (Å²) in [5.41, 5.74) is 0.627. The lowest BCUT2D eigenvalue weighted by Gasteiger charge is -2.14. The predicted molar refractivity (Wildman–Crippen MR) is 143 cm³/mol. The number of nitrogens with one attached hydrogen (secondary N) is 1. The molecule has 0 unspecified atom stereocenters. The van der Waals surface area contributed by atoms with E-state index in [1.54, 1.807) is 60.7 Å². The number of nitro groups is 1. The van der Waals surface area contributed by atoms with Crippen LogP contribution < -0.4 is 10.1 Å². The van der Waals surface area contributed by atoms with Crippen molar-refractivity contribution in [2.45, 2.75) is 9.79 Å². The van der Waals surface area contributed by atoms with Crippen molar-refractivity contribution in [1.29, 1.82) is 0 Å². The second-order valence-corrected chi connectivity index (χ2v) is 10.1. The van der Waals surface area contributed by atoms with Crippen LogP contribution in [-0.2, 0) is 9.59 Å². The Morgan fingerprint density at radius 2 is 1.89 bits per heavy atom. The molecule has 1 aliphatic rings. The third kappa shape index (κ3) is 6.31. The van der Waals surface area contributed by atoms with E-state index in [0.717, 1.165) is 9.80 Å². The van der Waals surface area contributed by atoms with Gasteiger partial charge >= 0.3 is 0 Å². The van der Waals surface area contributed by atoms with E-state index in [4.69, 9.17) is 16.3 Å². The number of halogens is 1. The molecule has 3 aromatic carbocycles. The van der Waals surface area contributed by atoms with Crippen molar-refractivity contribution in [1.82, 2.24) is 4.90 Å². The van der Waals surface area contributed by atoms with Crippen molar-refractivity contribution in [2.24, 2.45) is 0 Å². The van der Waals surface area contributed by atoms with Crippen LogP contribution in [0.3, 0.4) is 0 Å². The molecule has 0 radical (unpaired) electrons. The van der Waals surface area contributed by atoms with Crippen molar-refractivity contribution >= 4 is 69.6 Å². The Morgan fingerprint density at radius 3 is 2.59 bits per heavy atom. The smallest absolute Gasteiger partial charge is 0.294 e. The number of imide groups is 1. The first kappa shape index (κ1) is 26.3. The number of nitrogens with zero attached hydrogens (tertiary/aromatic N) is 2. The van der Waals surface area contributed by atoms with Crippen molar-refractivity contribution in [3.63, 3.8) is 0 Å². The second-order valence-electron chi connectivity index (χ2n) is 7.56. The van der Waals surface area contributed by atoms with Gasteiger partial charge in [-0.2, -0.15) is 0 Å². The van der Waals surface area contributed by atoms with Crippen LogP contribution >= 0.6 is 35.1 Å². The Kier molecular flexibility index (Phi) is 8.17. The third-order valence-electron chi connectivity index (χ3n) is 5.08. The molecule has 0 spiro atoms. The number of anilines is 1. The average molecular weight is 556 g/mol. The fourth-order valence-corrected chi connectivity index (χ4v) is 5.22. The van der Waals surface area contributed by atoms with Gasteiger partial charge in [-0.15, -0.1) is 0 Å². The van der Waals surface area contributed by atoms with Crippen molar-refractivity contribution in [3.8, 4) is 5.75 Å². The second kappa shape index (κ2) is 11.5. The summed E-state index contributed by atoms with van der Waals surface area (Å²) >= 11 is 7.77. The van der Waals surface area contributed by atoms with Crippen molar-refractivity contribution in [2.75, 3.05) is 19.0 Å². The minimum Gasteiger partial charge on any atom is -0.495 e. The SMILES string of the molecule is COc1ccccc1NC(=O)CN1C(=O)S/C(=C\c2ccc(Sc3ccc(Cl)cc3)c([N+](=O)[O-])c2)C1=O. The number of methoxy groups -OCH3 is 1. The first-order valence-corrected chi connectivity index (χ1v) is 12.7. The molecule has 12 heteroatoms. The van der Waals surface area contributed by atoms with Gasteiger partial charge in [0.05, 0.1) is 27.5 Å². The van der Waals surface area contributed by atoms with Gasteiger partial charge in [0.1, 0.15) is 12.3 Å². The molecule has 1 N–H and O–H groups in total. The maximum atomic E-state index is 12.8. The van der Waals surface area contributed by atoms with Crippen LogP contribution in [0.5, 0.6) is 5.75 Å². The Morgan fingerprint density at radius 1 is 1.16 bits per heavy atom. The Hall–Kier alpha value is -3.80. The lowest BCUT2D eigenvalue weighted by Crippen LogP contribution is -2.36. The number of carbonyl (C=O) groups is 3. The molecule has 0 aliphatic carbocycles. The highest BCUT2D eigenvalue weighted by Gasteiger charge is 2.36. The molecule has 1 heterocycles. The molecule has 37 heavy (non-hydrogen) atoms.